The fourth-order valence-corrected chi connectivity index (χ4v) is 1.10. The van der Waals surface area contributed by atoms with Crippen molar-refractivity contribution in [2.75, 3.05) is 0 Å². The van der Waals surface area contributed by atoms with E-state index in [4.69, 9.17) is 16.0 Å². The van der Waals surface area contributed by atoms with Gasteiger partial charge in [0.25, 0.3) is 0 Å². The van der Waals surface area contributed by atoms with Gasteiger partial charge in [0.05, 0.1) is 5.38 Å². The average molecular weight is 187 g/mol. The molecule has 1 heterocycles. The largest absolute Gasteiger partial charge is 0.466 e. The van der Waals surface area contributed by atoms with Crippen LogP contribution in [0, 0.1) is 6.92 Å². The molecule has 1 rings (SSSR count). The Morgan fingerprint density at radius 2 is 2.25 bits per heavy atom. The van der Waals surface area contributed by atoms with Gasteiger partial charge in [-0.15, -0.1) is 11.6 Å². The first-order valence-electron chi connectivity index (χ1n) is 3.81. The normalized spacial score (nSPS) is 15.6. The van der Waals surface area contributed by atoms with Crippen molar-refractivity contribution in [2.24, 2.45) is 0 Å². The van der Waals surface area contributed by atoms with Gasteiger partial charge in [-0.25, -0.2) is 0 Å². The van der Waals surface area contributed by atoms with Crippen LogP contribution in [-0.2, 0) is 4.79 Å². The first kappa shape index (κ1) is 9.33. The predicted molar refractivity (Wildman–Crippen MR) is 47.6 cm³/mol. The molecular weight excluding hydrogens is 176 g/mol. The number of alkyl halides is 1. The Kier molecular flexibility index (Phi) is 2.93. The SMILES string of the molecule is Cc1ccc([C@@H](C)[C@@H](Cl)C=O)o1. The van der Waals surface area contributed by atoms with Crippen LogP contribution in [0.2, 0.25) is 0 Å². The van der Waals surface area contributed by atoms with Crippen molar-refractivity contribution in [3.05, 3.63) is 23.7 Å². The minimum Gasteiger partial charge on any atom is -0.466 e. The third-order valence-electron chi connectivity index (χ3n) is 1.82. The van der Waals surface area contributed by atoms with Crippen molar-refractivity contribution in [1.82, 2.24) is 0 Å². The Hall–Kier alpha value is -0.760. The summed E-state index contributed by atoms with van der Waals surface area (Å²) in [7, 11) is 0. The number of carbonyl (C=O) groups excluding carboxylic acids is 1. The minimum absolute atomic E-state index is 0.0575. The van der Waals surface area contributed by atoms with Crippen LogP contribution in [-0.4, -0.2) is 11.7 Å². The van der Waals surface area contributed by atoms with Crippen molar-refractivity contribution in [3.8, 4) is 0 Å². The number of rotatable bonds is 3. The maximum Gasteiger partial charge on any atom is 0.138 e. The highest BCUT2D eigenvalue weighted by atomic mass is 35.5. The fraction of sp³-hybridized carbons (Fsp3) is 0.444. The van der Waals surface area contributed by atoms with Crippen LogP contribution < -0.4 is 0 Å². The molecule has 0 bridgehead atoms. The molecule has 2 nitrogen and oxygen atoms in total. The van der Waals surface area contributed by atoms with E-state index < -0.39 is 5.38 Å². The summed E-state index contributed by atoms with van der Waals surface area (Å²) in [5, 5.41) is -0.504. The first-order valence-corrected chi connectivity index (χ1v) is 4.24. The molecule has 0 spiro atoms. The Bertz CT molecular complexity index is 267. The topological polar surface area (TPSA) is 30.2 Å². The van der Waals surface area contributed by atoms with Crippen LogP contribution in [0.3, 0.4) is 0 Å². The smallest absolute Gasteiger partial charge is 0.138 e. The fourth-order valence-electron chi connectivity index (χ4n) is 0.973. The molecule has 0 N–H and O–H groups in total. The standard InChI is InChI=1S/C9H11ClO2/c1-6-3-4-9(12-6)7(2)8(10)5-11/h3-5,7-8H,1-2H3/t7-,8-/m0/s1. The van der Waals surface area contributed by atoms with E-state index in [1.165, 1.54) is 0 Å². The lowest BCUT2D eigenvalue weighted by atomic mass is 10.1. The Labute approximate surface area is 76.5 Å². The zero-order valence-corrected chi connectivity index (χ0v) is 7.84. The van der Waals surface area contributed by atoms with Crippen molar-refractivity contribution >= 4 is 17.9 Å². The average Bonchev–Trinajstić information content (AvgIpc) is 2.49. The summed E-state index contributed by atoms with van der Waals surface area (Å²) in [5.41, 5.74) is 0. The second-order valence-corrected chi connectivity index (χ2v) is 3.32. The highest BCUT2D eigenvalue weighted by Crippen LogP contribution is 2.23. The van der Waals surface area contributed by atoms with Gasteiger partial charge in [0.15, 0.2) is 0 Å². The maximum absolute atomic E-state index is 10.4. The molecule has 0 unspecified atom stereocenters. The van der Waals surface area contributed by atoms with Gasteiger partial charge >= 0.3 is 0 Å². The molecule has 66 valence electrons. The monoisotopic (exact) mass is 186 g/mol. The van der Waals surface area contributed by atoms with Crippen molar-refractivity contribution in [3.63, 3.8) is 0 Å². The molecule has 0 radical (unpaired) electrons. The van der Waals surface area contributed by atoms with E-state index in [0.29, 0.717) is 0 Å². The molecule has 0 aliphatic rings. The highest BCUT2D eigenvalue weighted by molar-refractivity contribution is 6.28. The van der Waals surface area contributed by atoms with E-state index >= 15 is 0 Å². The summed E-state index contributed by atoms with van der Waals surface area (Å²) >= 11 is 5.73. The van der Waals surface area contributed by atoms with Crippen LogP contribution in [0.1, 0.15) is 24.4 Å². The van der Waals surface area contributed by atoms with Crippen molar-refractivity contribution < 1.29 is 9.21 Å². The molecule has 12 heavy (non-hydrogen) atoms. The van der Waals surface area contributed by atoms with E-state index in [9.17, 15) is 4.79 Å². The molecule has 1 aromatic heterocycles. The van der Waals surface area contributed by atoms with Crippen molar-refractivity contribution in [2.45, 2.75) is 25.1 Å². The Morgan fingerprint density at radius 3 is 2.67 bits per heavy atom. The van der Waals surface area contributed by atoms with Gasteiger partial charge in [-0.05, 0) is 19.1 Å². The quantitative estimate of drug-likeness (QED) is 0.536. The van der Waals surface area contributed by atoms with E-state index in [-0.39, 0.29) is 5.92 Å². The zero-order chi connectivity index (χ0) is 9.14. The zero-order valence-electron chi connectivity index (χ0n) is 7.08. The molecule has 0 saturated carbocycles. The van der Waals surface area contributed by atoms with Crippen molar-refractivity contribution in [1.29, 1.82) is 0 Å². The third-order valence-corrected chi connectivity index (χ3v) is 2.30. The van der Waals surface area contributed by atoms with Gasteiger partial charge in [0.1, 0.15) is 17.8 Å². The number of furan rings is 1. The molecule has 0 aliphatic heterocycles. The maximum atomic E-state index is 10.4. The van der Waals surface area contributed by atoms with Crippen LogP contribution in [0.5, 0.6) is 0 Å². The van der Waals surface area contributed by atoms with E-state index in [0.717, 1.165) is 17.8 Å². The lowest BCUT2D eigenvalue weighted by molar-refractivity contribution is -0.107. The summed E-state index contributed by atoms with van der Waals surface area (Å²) < 4.78 is 5.32. The number of carbonyl (C=O) groups is 1. The van der Waals surface area contributed by atoms with Gasteiger partial charge < -0.3 is 9.21 Å². The highest BCUT2D eigenvalue weighted by Gasteiger charge is 2.18. The van der Waals surface area contributed by atoms with Gasteiger partial charge in [-0.2, -0.15) is 0 Å². The van der Waals surface area contributed by atoms with Crippen LogP contribution in [0.15, 0.2) is 16.5 Å². The Balaban J connectivity index is 2.77. The first-order chi connectivity index (χ1) is 5.65. The minimum atomic E-state index is -0.504. The molecule has 2 atom stereocenters. The van der Waals surface area contributed by atoms with Crippen LogP contribution in [0.4, 0.5) is 0 Å². The number of halogens is 1. The van der Waals surface area contributed by atoms with E-state index in [1.807, 2.05) is 26.0 Å². The summed E-state index contributed by atoms with van der Waals surface area (Å²) in [6.45, 7) is 3.73. The second kappa shape index (κ2) is 3.76. The van der Waals surface area contributed by atoms with Gasteiger partial charge in [-0.3, -0.25) is 0 Å². The molecule has 0 fully saturated rings. The molecular formula is C9H11ClO2. The summed E-state index contributed by atoms with van der Waals surface area (Å²) in [4.78, 5) is 10.4. The van der Waals surface area contributed by atoms with E-state index in [2.05, 4.69) is 0 Å². The van der Waals surface area contributed by atoms with Gasteiger partial charge in [0, 0.05) is 5.92 Å². The number of hydrogen-bond donors (Lipinski definition) is 0. The molecule has 0 saturated heterocycles. The third kappa shape index (κ3) is 1.89. The van der Waals surface area contributed by atoms with E-state index in [1.54, 1.807) is 0 Å². The number of hydrogen-bond acceptors (Lipinski definition) is 2. The molecule has 0 amide bonds. The Morgan fingerprint density at radius 1 is 1.58 bits per heavy atom. The molecule has 3 heteroatoms. The predicted octanol–water partition coefficient (Wildman–Crippen LogP) is 2.50. The summed E-state index contributed by atoms with van der Waals surface area (Å²) in [6, 6.07) is 3.71. The van der Waals surface area contributed by atoms with Crippen LogP contribution in [0.25, 0.3) is 0 Å². The molecule has 0 aromatic carbocycles. The summed E-state index contributed by atoms with van der Waals surface area (Å²) in [6.07, 6.45) is 0.726. The number of aldehydes is 1. The lowest BCUT2D eigenvalue weighted by Gasteiger charge is -2.08. The van der Waals surface area contributed by atoms with Gasteiger partial charge in [-0.1, -0.05) is 6.92 Å². The summed E-state index contributed by atoms with van der Waals surface area (Å²) in [5.74, 6) is 1.55. The lowest BCUT2D eigenvalue weighted by Crippen LogP contribution is -2.09. The van der Waals surface area contributed by atoms with Crippen LogP contribution >= 0.6 is 11.6 Å². The molecule has 0 aliphatic carbocycles. The number of aryl methyl sites for hydroxylation is 1. The second-order valence-electron chi connectivity index (χ2n) is 2.82. The molecule has 1 aromatic rings. The van der Waals surface area contributed by atoms with Gasteiger partial charge in [0.2, 0.25) is 0 Å².